The summed E-state index contributed by atoms with van der Waals surface area (Å²) in [5, 5.41) is 2.99. The van der Waals surface area contributed by atoms with Crippen molar-refractivity contribution in [2.75, 3.05) is 10.2 Å². The highest BCUT2D eigenvalue weighted by Gasteiger charge is 2.18. The van der Waals surface area contributed by atoms with E-state index in [9.17, 15) is 4.79 Å². The Morgan fingerprint density at radius 3 is 2.41 bits per heavy atom. The molecule has 5 nitrogen and oxygen atoms in total. The first-order chi connectivity index (χ1) is 13.8. The molecule has 150 valence electrons. The van der Waals surface area contributed by atoms with E-state index in [1.165, 1.54) is 5.56 Å². The van der Waals surface area contributed by atoms with Crippen LogP contribution in [-0.4, -0.2) is 21.9 Å². The minimum absolute atomic E-state index is 0.187. The molecule has 3 aromatic rings. The minimum atomic E-state index is -0.228. The van der Waals surface area contributed by atoms with Crippen LogP contribution in [0.5, 0.6) is 0 Å². The summed E-state index contributed by atoms with van der Waals surface area (Å²) in [4.78, 5) is 24.2. The van der Waals surface area contributed by atoms with Gasteiger partial charge in [0.15, 0.2) is 0 Å². The summed E-state index contributed by atoms with van der Waals surface area (Å²) in [6, 6.07) is 18.1. The summed E-state index contributed by atoms with van der Waals surface area (Å²) in [7, 11) is 0. The van der Waals surface area contributed by atoms with Gasteiger partial charge in [-0.1, -0.05) is 42.5 Å². The molecule has 0 radical (unpaired) electrons. The molecule has 0 bridgehead atoms. The molecule has 2 aromatic carbocycles. The van der Waals surface area contributed by atoms with Crippen molar-refractivity contribution in [1.82, 2.24) is 9.97 Å². The lowest BCUT2D eigenvalue weighted by molar-refractivity contribution is 0.102. The maximum atomic E-state index is 12.9. The molecule has 0 saturated heterocycles. The van der Waals surface area contributed by atoms with Crippen molar-refractivity contribution in [3.05, 3.63) is 82.7 Å². The molecular weight excluding hydrogens is 360 g/mol. The highest BCUT2D eigenvalue weighted by atomic mass is 16.1. The summed E-state index contributed by atoms with van der Waals surface area (Å²) < 4.78 is 0. The van der Waals surface area contributed by atoms with Gasteiger partial charge in [0.2, 0.25) is 5.95 Å². The maximum Gasteiger partial charge on any atom is 0.274 e. The van der Waals surface area contributed by atoms with Crippen LogP contribution in [0.15, 0.2) is 54.6 Å². The van der Waals surface area contributed by atoms with Crippen molar-refractivity contribution in [3.63, 3.8) is 0 Å². The number of carbonyl (C=O) groups excluding carboxylic acids is 1. The molecule has 0 aliphatic rings. The topological polar surface area (TPSA) is 58.1 Å². The smallest absolute Gasteiger partial charge is 0.274 e. The molecule has 3 rings (SSSR count). The fourth-order valence-corrected chi connectivity index (χ4v) is 3.12. The molecule has 0 aliphatic carbocycles. The second-order valence-electron chi connectivity index (χ2n) is 7.67. The van der Waals surface area contributed by atoms with Gasteiger partial charge in [0.25, 0.3) is 5.91 Å². The molecule has 5 heteroatoms. The van der Waals surface area contributed by atoms with Gasteiger partial charge in [-0.3, -0.25) is 4.79 Å². The molecule has 1 heterocycles. The van der Waals surface area contributed by atoms with Crippen LogP contribution >= 0.6 is 0 Å². The molecular formula is C24H28N4O. The van der Waals surface area contributed by atoms with E-state index in [-0.39, 0.29) is 11.9 Å². The molecule has 1 aromatic heterocycles. The molecule has 0 aliphatic heterocycles. The number of anilines is 2. The van der Waals surface area contributed by atoms with Gasteiger partial charge < -0.3 is 10.2 Å². The largest absolute Gasteiger partial charge is 0.334 e. The van der Waals surface area contributed by atoms with E-state index in [4.69, 9.17) is 0 Å². The number of rotatable bonds is 6. The van der Waals surface area contributed by atoms with E-state index in [1.807, 2.05) is 57.2 Å². The van der Waals surface area contributed by atoms with E-state index >= 15 is 0 Å². The number of hydrogen-bond acceptors (Lipinski definition) is 4. The molecule has 0 fully saturated rings. The Bertz CT molecular complexity index is 999. The third kappa shape index (κ3) is 5.19. The van der Waals surface area contributed by atoms with Gasteiger partial charge in [0.1, 0.15) is 5.69 Å². The average molecular weight is 389 g/mol. The first-order valence-electron chi connectivity index (χ1n) is 9.88. The van der Waals surface area contributed by atoms with E-state index in [2.05, 4.69) is 46.2 Å². The number of aryl methyl sites for hydroxylation is 3. The lowest BCUT2D eigenvalue weighted by Crippen LogP contribution is -2.32. The van der Waals surface area contributed by atoms with Crippen molar-refractivity contribution in [2.24, 2.45) is 0 Å². The predicted octanol–water partition coefficient (Wildman–Crippen LogP) is 5.07. The Kier molecular flexibility index (Phi) is 6.27. The van der Waals surface area contributed by atoms with E-state index < -0.39 is 0 Å². The second-order valence-corrected chi connectivity index (χ2v) is 7.67. The van der Waals surface area contributed by atoms with Crippen molar-refractivity contribution >= 4 is 17.5 Å². The zero-order valence-corrected chi connectivity index (χ0v) is 17.7. The number of carbonyl (C=O) groups is 1. The summed E-state index contributed by atoms with van der Waals surface area (Å²) in [5.74, 6) is 0.337. The Labute approximate surface area is 172 Å². The van der Waals surface area contributed by atoms with Crippen LogP contribution in [0.1, 0.15) is 46.7 Å². The van der Waals surface area contributed by atoms with E-state index in [1.54, 1.807) is 6.07 Å². The van der Waals surface area contributed by atoms with E-state index in [0.717, 1.165) is 22.5 Å². The second kappa shape index (κ2) is 8.86. The molecule has 0 unspecified atom stereocenters. The third-order valence-electron chi connectivity index (χ3n) is 4.79. The average Bonchev–Trinajstić information content (AvgIpc) is 2.69. The Hall–Kier alpha value is -3.21. The summed E-state index contributed by atoms with van der Waals surface area (Å²) in [6.07, 6.45) is 0. The fraction of sp³-hybridized carbons (Fsp3) is 0.292. The molecule has 0 spiro atoms. The predicted molar refractivity (Wildman–Crippen MR) is 118 cm³/mol. The maximum absolute atomic E-state index is 12.9. The standard InChI is InChI=1S/C24H28N4O/c1-16(2)28(15-20-9-7-6-8-10-20)24-25-19(5)14-22(27-24)23(29)26-21-13-17(3)11-12-18(21)4/h6-14,16H,15H2,1-5H3,(H,26,29). The summed E-state index contributed by atoms with van der Waals surface area (Å²) >= 11 is 0. The molecule has 0 saturated carbocycles. The van der Waals surface area contributed by atoms with Crippen LogP contribution in [-0.2, 0) is 6.54 Å². The van der Waals surface area contributed by atoms with Gasteiger partial charge >= 0.3 is 0 Å². The number of aromatic nitrogens is 2. The van der Waals surface area contributed by atoms with Crippen molar-refractivity contribution < 1.29 is 4.79 Å². The van der Waals surface area contributed by atoms with Gasteiger partial charge in [0.05, 0.1) is 0 Å². The summed E-state index contributed by atoms with van der Waals surface area (Å²) in [5.41, 5.74) is 5.22. The lowest BCUT2D eigenvalue weighted by atomic mass is 10.1. The Morgan fingerprint density at radius 1 is 1.00 bits per heavy atom. The number of amides is 1. The lowest BCUT2D eigenvalue weighted by Gasteiger charge is -2.27. The number of nitrogens with one attached hydrogen (secondary N) is 1. The monoisotopic (exact) mass is 388 g/mol. The number of benzene rings is 2. The molecule has 1 N–H and O–H groups in total. The van der Waals surface area contributed by atoms with Gasteiger partial charge in [-0.05, 0) is 63.4 Å². The first-order valence-corrected chi connectivity index (χ1v) is 9.88. The van der Waals surface area contributed by atoms with Gasteiger partial charge in [-0.25, -0.2) is 9.97 Å². The van der Waals surface area contributed by atoms with Crippen molar-refractivity contribution in [1.29, 1.82) is 0 Å². The zero-order valence-electron chi connectivity index (χ0n) is 17.7. The van der Waals surface area contributed by atoms with Gasteiger partial charge in [-0.15, -0.1) is 0 Å². The normalized spacial score (nSPS) is 10.8. The quantitative estimate of drug-likeness (QED) is 0.640. The van der Waals surface area contributed by atoms with Crippen molar-refractivity contribution in [2.45, 2.75) is 47.2 Å². The van der Waals surface area contributed by atoms with Crippen LogP contribution in [0.2, 0.25) is 0 Å². The van der Waals surface area contributed by atoms with Crippen molar-refractivity contribution in [3.8, 4) is 0 Å². The molecule has 0 atom stereocenters. The number of hydrogen-bond donors (Lipinski definition) is 1. The van der Waals surface area contributed by atoms with Crippen LogP contribution < -0.4 is 10.2 Å². The molecule has 29 heavy (non-hydrogen) atoms. The van der Waals surface area contributed by atoms with E-state index in [0.29, 0.717) is 18.2 Å². The van der Waals surface area contributed by atoms with Crippen LogP contribution in [0, 0.1) is 20.8 Å². The van der Waals surface area contributed by atoms with Crippen LogP contribution in [0.25, 0.3) is 0 Å². The Balaban J connectivity index is 1.89. The highest BCUT2D eigenvalue weighted by Crippen LogP contribution is 2.20. The fourth-order valence-electron chi connectivity index (χ4n) is 3.12. The Morgan fingerprint density at radius 2 is 1.72 bits per heavy atom. The zero-order chi connectivity index (χ0) is 21.0. The highest BCUT2D eigenvalue weighted by molar-refractivity contribution is 6.03. The van der Waals surface area contributed by atoms with Gasteiger partial charge in [0, 0.05) is 24.0 Å². The van der Waals surface area contributed by atoms with Crippen LogP contribution in [0.3, 0.4) is 0 Å². The first kappa shape index (κ1) is 20.5. The third-order valence-corrected chi connectivity index (χ3v) is 4.79. The summed E-state index contributed by atoms with van der Waals surface area (Å²) in [6.45, 7) is 10.8. The molecule has 1 amide bonds. The van der Waals surface area contributed by atoms with Crippen LogP contribution in [0.4, 0.5) is 11.6 Å². The SMILES string of the molecule is Cc1ccc(C)c(NC(=O)c2cc(C)nc(N(Cc3ccccc3)C(C)C)n2)c1. The number of nitrogens with zero attached hydrogens (tertiary/aromatic N) is 3. The van der Waals surface area contributed by atoms with Gasteiger partial charge in [-0.2, -0.15) is 0 Å². The minimum Gasteiger partial charge on any atom is -0.334 e.